The monoisotopic (exact) mass is 996 g/mol. The number of hydrazine groups is 4. The van der Waals surface area contributed by atoms with Crippen molar-refractivity contribution in [2.24, 2.45) is 10.2 Å². The SMILES string of the molecule is O=S(=O)(O)c1cc(NN2N=C(Nc3cccc4ccccc34)C=C(Nc3ccccc3)N2)ccc1C=Cc1ccc(NN2N=C(Nc3cccc4ccccc34)C=C(Nc3ccccc3)N2)cc1S(=O)(=O)O. The van der Waals surface area contributed by atoms with E-state index in [1.54, 1.807) is 24.3 Å². The van der Waals surface area contributed by atoms with Crippen molar-refractivity contribution in [1.29, 1.82) is 0 Å². The molecule has 2 aliphatic heterocycles. The largest absolute Gasteiger partial charge is 0.341 e. The summed E-state index contributed by atoms with van der Waals surface area (Å²) in [4.78, 5) is -1.00. The van der Waals surface area contributed by atoms with Crippen LogP contribution in [0.3, 0.4) is 0 Å². The van der Waals surface area contributed by atoms with E-state index < -0.39 is 30.0 Å². The van der Waals surface area contributed by atoms with E-state index in [-0.39, 0.29) is 22.5 Å². The smallest absolute Gasteiger partial charge is 0.295 e. The predicted molar refractivity (Wildman–Crippen MR) is 285 cm³/mol. The van der Waals surface area contributed by atoms with Crippen LogP contribution in [0.2, 0.25) is 0 Å². The molecule has 8 aromatic carbocycles. The van der Waals surface area contributed by atoms with Crippen molar-refractivity contribution in [3.05, 3.63) is 217 Å². The van der Waals surface area contributed by atoms with Gasteiger partial charge in [-0.3, -0.25) is 20.0 Å². The summed E-state index contributed by atoms with van der Waals surface area (Å²) in [6.45, 7) is 0. The highest BCUT2D eigenvalue weighted by Gasteiger charge is 2.22. The first-order valence-electron chi connectivity index (χ1n) is 22.2. The van der Waals surface area contributed by atoms with Gasteiger partial charge in [0, 0.05) is 45.7 Å². The first-order chi connectivity index (χ1) is 34.9. The zero-order valence-corrected chi connectivity index (χ0v) is 39.4. The summed E-state index contributed by atoms with van der Waals surface area (Å²) in [6, 6.07) is 54.8. The number of para-hydroxylation sites is 2. The molecule has 0 bridgehead atoms. The molecule has 2 heterocycles. The van der Waals surface area contributed by atoms with Gasteiger partial charge in [0.25, 0.3) is 20.2 Å². The van der Waals surface area contributed by atoms with Crippen molar-refractivity contribution in [1.82, 2.24) is 21.3 Å². The lowest BCUT2D eigenvalue weighted by molar-refractivity contribution is 0.272. The normalized spacial score (nSPS) is 13.8. The average Bonchev–Trinajstić information content (AvgIpc) is 3.36. The molecule has 0 saturated carbocycles. The van der Waals surface area contributed by atoms with Crippen LogP contribution in [0.15, 0.2) is 226 Å². The molecule has 0 fully saturated rings. The van der Waals surface area contributed by atoms with Gasteiger partial charge in [0.05, 0.1) is 11.4 Å². The second kappa shape index (κ2) is 19.9. The van der Waals surface area contributed by atoms with Gasteiger partial charge < -0.3 is 21.3 Å². The Bertz CT molecular complexity index is 3490. The fraction of sp³-hybridized carbons (Fsp3) is 0. The summed E-state index contributed by atoms with van der Waals surface area (Å²) in [5.74, 6) is 1.86. The van der Waals surface area contributed by atoms with E-state index in [4.69, 9.17) is 0 Å². The number of anilines is 6. The minimum absolute atomic E-state index is 0.00888. The maximum atomic E-state index is 12.9. The first kappa shape index (κ1) is 46.4. The predicted octanol–water partition coefficient (Wildman–Crippen LogP) is 9.71. The van der Waals surface area contributed by atoms with Gasteiger partial charge in [0.2, 0.25) is 0 Å². The molecule has 0 amide bonds. The Morgan fingerprint density at radius 3 is 1.24 bits per heavy atom. The summed E-state index contributed by atoms with van der Waals surface area (Å²) >= 11 is 0. The van der Waals surface area contributed by atoms with E-state index >= 15 is 0 Å². The minimum atomic E-state index is -4.87. The molecule has 10 rings (SSSR count). The number of nitrogens with zero attached hydrogens (tertiary/aromatic N) is 4. The summed E-state index contributed by atoms with van der Waals surface area (Å²) in [5, 5.41) is 29.2. The second-order valence-electron chi connectivity index (χ2n) is 16.2. The number of hydrogen-bond acceptors (Lipinski definition) is 16. The molecular formula is C52H44N12O6S2. The summed E-state index contributed by atoms with van der Waals surface area (Å²) in [6.07, 6.45) is 6.16. The number of benzene rings is 8. The molecule has 0 saturated heterocycles. The second-order valence-corrected chi connectivity index (χ2v) is 19.0. The summed E-state index contributed by atoms with van der Waals surface area (Å²) in [7, 11) is -9.73. The van der Waals surface area contributed by atoms with E-state index in [2.05, 4.69) is 53.2 Å². The third kappa shape index (κ3) is 11.1. The van der Waals surface area contributed by atoms with E-state index in [9.17, 15) is 25.9 Å². The van der Waals surface area contributed by atoms with Crippen LogP contribution >= 0.6 is 0 Å². The van der Waals surface area contributed by atoms with Gasteiger partial charge in [-0.15, -0.1) is 20.7 Å². The Labute approximate surface area is 414 Å². The number of amidine groups is 2. The van der Waals surface area contributed by atoms with Crippen LogP contribution in [-0.2, 0) is 20.2 Å². The quantitative estimate of drug-likeness (QED) is 0.0361. The number of nitrogens with one attached hydrogen (secondary N) is 8. The van der Waals surface area contributed by atoms with Gasteiger partial charge in [-0.1, -0.05) is 133 Å². The highest BCUT2D eigenvalue weighted by Crippen LogP contribution is 2.29. The topological polar surface area (TPSA) is 236 Å². The van der Waals surface area contributed by atoms with Crippen LogP contribution in [-0.4, -0.2) is 48.1 Å². The Kier molecular flexibility index (Phi) is 12.9. The van der Waals surface area contributed by atoms with E-state index in [1.165, 1.54) is 46.9 Å². The van der Waals surface area contributed by atoms with Gasteiger partial charge >= 0.3 is 0 Å². The van der Waals surface area contributed by atoms with Crippen LogP contribution < -0.4 is 43.0 Å². The highest BCUT2D eigenvalue weighted by atomic mass is 32.2. The number of hydrogen-bond donors (Lipinski definition) is 10. The molecule has 0 unspecified atom stereocenters. The fourth-order valence-electron chi connectivity index (χ4n) is 7.90. The van der Waals surface area contributed by atoms with Gasteiger partial charge in [0.1, 0.15) is 21.4 Å². The summed E-state index contributed by atoms with van der Waals surface area (Å²) < 4.78 is 72.6. The van der Waals surface area contributed by atoms with Crippen molar-refractivity contribution in [3.63, 3.8) is 0 Å². The minimum Gasteiger partial charge on any atom is -0.341 e. The molecule has 10 N–H and O–H groups in total. The van der Waals surface area contributed by atoms with Crippen LogP contribution in [0, 0.1) is 0 Å². The highest BCUT2D eigenvalue weighted by molar-refractivity contribution is 7.86. The maximum absolute atomic E-state index is 12.9. The molecule has 0 aromatic heterocycles. The lowest BCUT2D eigenvalue weighted by atomic mass is 10.1. The molecule has 18 nitrogen and oxygen atoms in total. The van der Waals surface area contributed by atoms with Crippen LogP contribution in [0.5, 0.6) is 0 Å². The number of fused-ring (bicyclic) bond motifs is 2. The molecule has 20 heteroatoms. The molecule has 0 spiro atoms. The Hall–Kier alpha value is -9.34. The van der Waals surface area contributed by atoms with Gasteiger partial charge in [-0.05, 0) is 82.6 Å². The van der Waals surface area contributed by atoms with Crippen LogP contribution in [0.1, 0.15) is 11.1 Å². The number of hydrazone groups is 2. The molecule has 360 valence electrons. The zero-order chi connectivity index (χ0) is 49.7. The molecule has 0 aliphatic carbocycles. The van der Waals surface area contributed by atoms with Gasteiger partial charge in [-0.25, -0.2) is 10.9 Å². The fourth-order valence-corrected chi connectivity index (χ4v) is 9.32. The third-order valence-corrected chi connectivity index (χ3v) is 13.0. The van der Waals surface area contributed by atoms with Gasteiger partial charge in [-0.2, -0.15) is 16.8 Å². The van der Waals surface area contributed by atoms with Crippen LogP contribution in [0.25, 0.3) is 33.7 Å². The zero-order valence-electron chi connectivity index (χ0n) is 37.8. The molecule has 2 aliphatic rings. The lowest BCUT2D eigenvalue weighted by Gasteiger charge is -2.29. The molecular weight excluding hydrogens is 953 g/mol. The average molecular weight is 997 g/mol. The molecule has 0 radical (unpaired) electrons. The standard InChI is InChI=1S/C52H44N12O6S2/c65-71(66,67)47-31-41(57-63-59-49(53-39-17-3-1-4-18-39)33-51(61-63)55-45-23-11-15-35-13-7-9-21-43(35)45)29-27-37(47)25-26-38-28-30-42(32-48(38)72(68,69)70)58-64-60-50(54-40-19-5-2-6-20-40)34-52(62-64)56-46-24-12-16-36-14-8-10-22-44(36)46/h1-34,53-54,57-60H,(H,55,61)(H,56,62)(H,65,66,67)(H,68,69,70). The van der Waals surface area contributed by atoms with E-state index in [0.717, 1.165) is 44.3 Å². The van der Waals surface area contributed by atoms with E-state index in [1.807, 2.05) is 146 Å². The Morgan fingerprint density at radius 1 is 0.431 bits per heavy atom. The van der Waals surface area contributed by atoms with E-state index in [0.29, 0.717) is 23.3 Å². The van der Waals surface area contributed by atoms with Crippen molar-refractivity contribution >= 4 is 99.7 Å². The maximum Gasteiger partial charge on any atom is 0.295 e. The Morgan fingerprint density at radius 2 is 0.819 bits per heavy atom. The van der Waals surface area contributed by atoms with Crippen molar-refractivity contribution < 1.29 is 25.9 Å². The molecule has 72 heavy (non-hydrogen) atoms. The van der Waals surface area contributed by atoms with Crippen LogP contribution in [0.4, 0.5) is 34.1 Å². The summed E-state index contributed by atoms with van der Waals surface area (Å²) in [5.41, 5.74) is 15.9. The molecule has 8 aromatic rings. The van der Waals surface area contributed by atoms with Crippen molar-refractivity contribution in [3.8, 4) is 0 Å². The third-order valence-electron chi connectivity index (χ3n) is 11.1. The van der Waals surface area contributed by atoms with Crippen molar-refractivity contribution in [2.45, 2.75) is 9.79 Å². The molecule has 0 atom stereocenters. The van der Waals surface area contributed by atoms with Gasteiger partial charge in [0.15, 0.2) is 11.7 Å². The first-order valence-corrected chi connectivity index (χ1v) is 25.1. The Balaban J connectivity index is 0.902. The number of rotatable bonds is 14. The van der Waals surface area contributed by atoms with Crippen molar-refractivity contribution in [2.75, 3.05) is 32.1 Å². The lowest BCUT2D eigenvalue weighted by Crippen LogP contribution is -2.44.